The van der Waals surface area contributed by atoms with Crippen LogP contribution in [0.3, 0.4) is 0 Å². The number of sulfonamides is 1. The third kappa shape index (κ3) is 3.81. The molecule has 0 atom stereocenters. The van der Waals surface area contributed by atoms with E-state index in [1.807, 2.05) is 0 Å². The Kier molecular flexibility index (Phi) is 4.94. The van der Waals surface area contributed by atoms with Gasteiger partial charge >= 0.3 is 0 Å². The Morgan fingerprint density at radius 2 is 2.24 bits per heavy atom. The second-order valence-electron chi connectivity index (χ2n) is 4.34. The Hall–Kier alpha value is -1.90. The predicted molar refractivity (Wildman–Crippen MR) is 78.3 cm³/mol. The van der Waals surface area contributed by atoms with Gasteiger partial charge in [-0.3, -0.25) is 4.68 Å². The number of hydrogen-bond acceptors (Lipinski definition) is 5. The van der Waals surface area contributed by atoms with Crippen molar-refractivity contribution in [3.63, 3.8) is 0 Å². The molecule has 7 nitrogen and oxygen atoms in total. The second-order valence-corrected chi connectivity index (χ2v) is 6.11. The van der Waals surface area contributed by atoms with Crippen LogP contribution in [0.15, 0.2) is 41.6 Å². The summed E-state index contributed by atoms with van der Waals surface area (Å²) in [5.74, 6) is 0.577. The van der Waals surface area contributed by atoms with Crippen molar-refractivity contribution in [3.8, 4) is 5.75 Å². The van der Waals surface area contributed by atoms with E-state index in [1.54, 1.807) is 29.2 Å². The largest absolute Gasteiger partial charge is 0.496 e. The highest BCUT2D eigenvalue weighted by Crippen LogP contribution is 2.21. The highest BCUT2D eigenvalue weighted by molar-refractivity contribution is 7.89. The van der Waals surface area contributed by atoms with Crippen molar-refractivity contribution in [1.29, 1.82) is 0 Å². The Labute approximate surface area is 123 Å². The molecule has 2 rings (SSSR count). The van der Waals surface area contributed by atoms with Crippen molar-refractivity contribution in [2.75, 3.05) is 13.7 Å². The van der Waals surface area contributed by atoms with Crippen LogP contribution in [0.2, 0.25) is 0 Å². The van der Waals surface area contributed by atoms with Crippen molar-refractivity contribution in [3.05, 3.63) is 42.2 Å². The maximum atomic E-state index is 12.2. The minimum absolute atomic E-state index is 0.171. The third-order valence-electron chi connectivity index (χ3n) is 2.97. The van der Waals surface area contributed by atoms with Gasteiger partial charge in [-0.2, -0.15) is 5.10 Å². The van der Waals surface area contributed by atoms with Gasteiger partial charge in [0.1, 0.15) is 5.75 Å². The summed E-state index contributed by atoms with van der Waals surface area (Å²) >= 11 is 0. The van der Waals surface area contributed by atoms with E-state index in [0.717, 1.165) is 0 Å². The molecule has 0 saturated heterocycles. The molecule has 8 heteroatoms. The van der Waals surface area contributed by atoms with E-state index in [9.17, 15) is 8.42 Å². The van der Waals surface area contributed by atoms with Gasteiger partial charge in [-0.25, -0.2) is 13.1 Å². The van der Waals surface area contributed by atoms with Gasteiger partial charge < -0.3 is 10.5 Å². The molecule has 1 aromatic heterocycles. The van der Waals surface area contributed by atoms with Crippen LogP contribution in [0.25, 0.3) is 0 Å². The average Bonchev–Trinajstić information content (AvgIpc) is 2.99. The van der Waals surface area contributed by atoms with Crippen molar-refractivity contribution >= 4 is 10.0 Å². The molecule has 0 amide bonds. The summed E-state index contributed by atoms with van der Waals surface area (Å²) < 4.78 is 33.7. The second kappa shape index (κ2) is 6.70. The van der Waals surface area contributed by atoms with Gasteiger partial charge in [-0.05, 0) is 24.3 Å². The standard InChI is InChI=1S/C13H18N4O3S/c1-20-13-4-3-12(9-11(13)10-14)21(18,19)16-6-8-17-7-2-5-15-17/h2-5,7,9,16H,6,8,10,14H2,1H3. The Bertz CT molecular complexity index is 683. The van der Waals surface area contributed by atoms with Crippen LogP contribution in [0.4, 0.5) is 0 Å². The third-order valence-corrected chi connectivity index (χ3v) is 4.43. The zero-order valence-electron chi connectivity index (χ0n) is 11.7. The molecule has 0 radical (unpaired) electrons. The summed E-state index contributed by atoms with van der Waals surface area (Å²) in [7, 11) is -2.05. The molecule has 1 heterocycles. The van der Waals surface area contributed by atoms with Gasteiger partial charge in [-0.15, -0.1) is 0 Å². The summed E-state index contributed by atoms with van der Waals surface area (Å²) in [5, 5.41) is 4.01. The van der Waals surface area contributed by atoms with Crippen molar-refractivity contribution in [2.24, 2.45) is 5.73 Å². The summed E-state index contributed by atoms with van der Waals surface area (Å²) in [5.41, 5.74) is 6.24. The molecule has 0 aliphatic heterocycles. The van der Waals surface area contributed by atoms with Crippen LogP contribution < -0.4 is 15.2 Å². The fourth-order valence-electron chi connectivity index (χ4n) is 1.89. The highest BCUT2D eigenvalue weighted by Gasteiger charge is 2.15. The van der Waals surface area contributed by atoms with Gasteiger partial charge in [0.25, 0.3) is 0 Å². The first-order valence-corrected chi connectivity index (χ1v) is 7.89. The average molecular weight is 310 g/mol. The van der Waals surface area contributed by atoms with Gasteiger partial charge in [0, 0.05) is 31.0 Å². The molecule has 3 N–H and O–H groups in total. The van der Waals surface area contributed by atoms with Crippen molar-refractivity contribution in [1.82, 2.24) is 14.5 Å². The molecule has 0 aliphatic carbocycles. The fourth-order valence-corrected chi connectivity index (χ4v) is 2.96. The summed E-state index contributed by atoms with van der Waals surface area (Å²) in [6, 6.07) is 6.40. The number of nitrogens with one attached hydrogen (secondary N) is 1. The predicted octanol–water partition coefficient (Wildman–Crippen LogP) is 0.329. The number of hydrogen-bond donors (Lipinski definition) is 2. The lowest BCUT2D eigenvalue weighted by atomic mass is 10.2. The SMILES string of the molecule is COc1ccc(S(=O)(=O)NCCn2cccn2)cc1CN. The molecule has 1 aromatic carbocycles. The number of methoxy groups -OCH3 is 1. The smallest absolute Gasteiger partial charge is 0.240 e. The first-order valence-electron chi connectivity index (χ1n) is 6.41. The Morgan fingerprint density at radius 1 is 1.43 bits per heavy atom. The monoisotopic (exact) mass is 310 g/mol. The van der Waals surface area contributed by atoms with Crippen molar-refractivity contribution in [2.45, 2.75) is 18.0 Å². The zero-order chi connectivity index (χ0) is 15.3. The van der Waals surface area contributed by atoms with Gasteiger partial charge in [0.2, 0.25) is 10.0 Å². The van der Waals surface area contributed by atoms with E-state index in [1.165, 1.54) is 19.2 Å². The molecule has 0 saturated carbocycles. The lowest BCUT2D eigenvalue weighted by molar-refractivity contribution is 0.409. The summed E-state index contributed by atoms with van der Waals surface area (Å²) in [4.78, 5) is 0.171. The molecule has 114 valence electrons. The maximum Gasteiger partial charge on any atom is 0.240 e. The summed E-state index contributed by atoms with van der Waals surface area (Å²) in [6.07, 6.45) is 3.42. The number of nitrogens with zero attached hydrogens (tertiary/aromatic N) is 2. The molecule has 21 heavy (non-hydrogen) atoms. The minimum Gasteiger partial charge on any atom is -0.496 e. The normalized spacial score (nSPS) is 11.5. The van der Waals surface area contributed by atoms with E-state index in [4.69, 9.17) is 10.5 Å². The van der Waals surface area contributed by atoms with Crippen molar-refractivity contribution < 1.29 is 13.2 Å². The molecular weight excluding hydrogens is 292 g/mol. The molecular formula is C13H18N4O3S. The molecule has 2 aromatic rings. The Morgan fingerprint density at radius 3 is 2.86 bits per heavy atom. The van der Waals surface area contributed by atoms with Gasteiger partial charge in [0.15, 0.2) is 0 Å². The number of rotatable bonds is 7. The van der Waals surface area contributed by atoms with E-state index in [2.05, 4.69) is 9.82 Å². The fraction of sp³-hybridized carbons (Fsp3) is 0.308. The first kappa shape index (κ1) is 15.5. The molecule has 0 bridgehead atoms. The molecule has 0 unspecified atom stereocenters. The van der Waals surface area contributed by atoms with E-state index in [0.29, 0.717) is 17.9 Å². The Balaban J connectivity index is 2.08. The van der Waals surface area contributed by atoms with Gasteiger partial charge in [0.05, 0.1) is 18.6 Å². The highest BCUT2D eigenvalue weighted by atomic mass is 32.2. The number of aromatic nitrogens is 2. The van der Waals surface area contributed by atoms with E-state index >= 15 is 0 Å². The topological polar surface area (TPSA) is 99.2 Å². The van der Waals surface area contributed by atoms with Crippen LogP contribution in [0, 0.1) is 0 Å². The minimum atomic E-state index is -3.57. The molecule has 0 spiro atoms. The lowest BCUT2D eigenvalue weighted by Crippen LogP contribution is -2.27. The number of benzene rings is 1. The summed E-state index contributed by atoms with van der Waals surface area (Å²) in [6.45, 7) is 0.931. The quantitative estimate of drug-likeness (QED) is 0.768. The van der Waals surface area contributed by atoms with Crippen LogP contribution in [-0.4, -0.2) is 31.9 Å². The number of ether oxygens (including phenoxy) is 1. The van der Waals surface area contributed by atoms with E-state index in [-0.39, 0.29) is 18.0 Å². The van der Waals surface area contributed by atoms with E-state index < -0.39 is 10.0 Å². The van der Waals surface area contributed by atoms with Crippen LogP contribution >= 0.6 is 0 Å². The van der Waals surface area contributed by atoms with Crippen LogP contribution in [0.5, 0.6) is 5.75 Å². The van der Waals surface area contributed by atoms with Gasteiger partial charge in [-0.1, -0.05) is 0 Å². The zero-order valence-corrected chi connectivity index (χ0v) is 12.5. The number of nitrogens with two attached hydrogens (primary N) is 1. The lowest BCUT2D eigenvalue weighted by Gasteiger charge is -2.11. The molecule has 0 aliphatic rings. The first-order chi connectivity index (χ1) is 10.1. The maximum absolute atomic E-state index is 12.2. The van der Waals surface area contributed by atoms with Crippen LogP contribution in [0.1, 0.15) is 5.56 Å². The molecule has 0 fully saturated rings. The van der Waals surface area contributed by atoms with Crippen LogP contribution in [-0.2, 0) is 23.1 Å².